The number of Topliss-reactive ketones (excluding diaryl/α,β-unsaturated/α-hetero) is 1. The van der Waals surface area contributed by atoms with Crippen molar-refractivity contribution >= 4 is 28.3 Å². The van der Waals surface area contributed by atoms with E-state index in [4.69, 9.17) is 0 Å². The molecular formula is C12H14O2S2. The van der Waals surface area contributed by atoms with Crippen molar-refractivity contribution in [2.24, 2.45) is 0 Å². The second kappa shape index (κ2) is 4.72. The van der Waals surface area contributed by atoms with Gasteiger partial charge in [0.05, 0.1) is 0 Å². The Balaban J connectivity index is 2.30. The largest absolute Gasteiger partial charge is 0.292 e. The van der Waals surface area contributed by atoms with Crippen molar-refractivity contribution in [3.05, 3.63) is 35.9 Å². The van der Waals surface area contributed by atoms with Gasteiger partial charge in [-0.3, -0.25) is 9.00 Å². The van der Waals surface area contributed by atoms with Crippen LogP contribution in [0, 0.1) is 0 Å². The van der Waals surface area contributed by atoms with Crippen molar-refractivity contribution in [2.75, 3.05) is 11.5 Å². The fraction of sp³-hybridized carbons (Fsp3) is 0.417. The van der Waals surface area contributed by atoms with Gasteiger partial charge in [0.25, 0.3) is 0 Å². The van der Waals surface area contributed by atoms with Crippen LogP contribution >= 0.6 is 11.8 Å². The van der Waals surface area contributed by atoms with Crippen LogP contribution in [-0.4, -0.2) is 25.6 Å². The first-order valence-corrected chi connectivity index (χ1v) is 7.57. The average molecular weight is 254 g/mol. The molecule has 4 heteroatoms. The fourth-order valence-corrected chi connectivity index (χ4v) is 4.99. The van der Waals surface area contributed by atoms with Crippen LogP contribution in [0.5, 0.6) is 0 Å². The molecule has 2 nitrogen and oxygen atoms in total. The summed E-state index contributed by atoms with van der Waals surface area (Å²) in [5, 5.41) is 0. The molecule has 0 aromatic heterocycles. The van der Waals surface area contributed by atoms with Crippen LogP contribution in [-0.2, 0) is 10.8 Å². The highest BCUT2D eigenvalue weighted by molar-refractivity contribution is 8.14. The van der Waals surface area contributed by atoms with Gasteiger partial charge in [-0.05, 0) is 19.1 Å². The first kappa shape index (κ1) is 11.9. The number of ketones is 1. The van der Waals surface area contributed by atoms with E-state index in [-0.39, 0.29) is 5.78 Å². The normalized spacial score (nSPS) is 29.9. The minimum absolute atomic E-state index is 0.00358. The molecule has 0 radical (unpaired) electrons. The zero-order chi connectivity index (χ0) is 11.6. The molecule has 0 saturated carbocycles. The van der Waals surface area contributed by atoms with Gasteiger partial charge >= 0.3 is 0 Å². The molecule has 0 bridgehead atoms. The summed E-state index contributed by atoms with van der Waals surface area (Å²) in [6.07, 6.45) is 0.939. The third kappa shape index (κ3) is 2.09. The summed E-state index contributed by atoms with van der Waals surface area (Å²) >= 11 is 1.53. The van der Waals surface area contributed by atoms with E-state index in [1.165, 1.54) is 11.8 Å². The molecule has 0 unspecified atom stereocenters. The Kier molecular flexibility index (Phi) is 3.50. The van der Waals surface area contributed by atoms with E-state index in [0.717, 1.165) is 12.2 Å². The third-order valence-electron chi connectivity index (χ3n) is 2.73. The topological polar surface area (TPSA) is 34.1 Å². The van der Waals surface area contributed by atoms with Gasteiger partial charge in [0.1, 0.15) is 0 Å². The highest BCUT2D eigenvalue weighted by Crippen LogP contribution is 2.37. The van der Waals surface area contributed by atoms with E-state index in [9.17, 15) is 9.00 Å². The Morgan fingerprint density at radius 3 is 2.69 bits per heavy atom. The maximum atomic E-state index is 12.3. The summed E-state index contributed by atoms with van der Waals surface area (Å²) in [5.74, 6) is 1.55. The van der Waals surface area contributed by atoms with Gasteiger partial charge in [-0.1, -0.05) is 30.3 Å². The number of rotatable bonds is 2. The molecule has 2 rings (SSSR count). The molecule has 1 heterocycles. The zero-order valence-corrected chi connectivity index (χ0v) is 10.8. The number of thioether (sulfide) groups is 1. The second-order valence-corrected chi connectivity index (χ2v) is 7.58. The maximum absolute atomic E-state index is 12.3. The van der Waals surface area contributed by atoms with Gasteiger partial charge in [-0.25, -0.2) is 0 Å². The minimum atomic E-state index is -1.06. The molecule has 2 atom stereocenters. The smallest absolute Gasteiger partial charge is 0.191 e. The van der Waals surface area contributed by atoms with Crippen molar-refractivity contribution in [1.82, 2.24) is 0 Å². The van der Waals surface area contributed by atoms with Crippen LogP contribution in [0.1, 0.15) is 23.7 Å². The van der Waals surface area contributed by atoms with Crippen molar-refractivity contribution in [3.8, 4) is 0 Å². The van der Waals surface area contributed by atoms with Crippen LogP contribution in [0.25, 0.3) is 0 Å². The molecule has 1 saturated heterocycles. The van der Waals surface area contributed by atoms with Gasteiger partial charge in [0.15, 0.2) is 9.86 Å². The van der Waals surface area contributed by atoms with Gasteiger partial charge in [-0.2, -0.15) is 0 Å². The van der Waals surface area contributed by atoms with Crippen molar-refractivity contribution in [1.29, 1.82) is 0 Å². The average Bonchev–Trinajstić information content (AvgIpc) is 2.33. The SMILES string of the molecule is C[C@]1(C(=O)c2ccccc2)SCCC[S@]1=O. The standard InChI is InChI=1S/C12H14O2S2/c1-12(15-8-5-9-16(12)14)11(13)10-6-3-2-4-7-10/h2-4,6-7H,5,8-9H2,1H3/t12-,16+/m0/s1. The lowest BCUT2D eigenvalue weighted by atomic mass is 10.1. The molecule has 1 aliphatic heterocycles. The lowest BCUT2D eigenvalue weighted by molar-refractivity contribution is 0.0982. The Morgan fingerprint density at radius 2 is 2.06 bits per heavy atom. The molecule has 1 fully saturated rings. The lowest BCUT2D eigenvalue weighted by Gasteiger charge is -2.30. The molecule has 1 aromatic carbocycles. The summed E-state index contributed by atoms with van der Waals surface area (Å²) < 4.78 is 11.2. The van der Waals surface area contributed by atoms with Crippen molar-refractivity contribution < 1.29 is 9.00 Å². The molecule has 86 valence electrons. The van der Waals surface area contributed by atoms with Crippen LogP contribution < -0.4 is 0 Å². The lowest BCUT2D eigenvalue weighted by Crippen LogP contribution is -2.41. The van der Waals surface area contributed by atoms with Crippen LogP contribution in [0.3, 0.4) is 0 Å². The Morgan fingerprint density at radius 1 is 1.38 bits per heavy atom. The molecular weight excluding hydrogens is 240 g/mol. The van der Waals surface area contributed by atoms with Gasteiger partial charge in [-0.15, -0.1) is 11.8 Å². The van der Waals surface area contributed by atoms with Gasteiger partial charge in [0.2, 0.25) is 0 Å². The first-order valence-electron chi connectivity index (χ1n) is 5.27. The van der Waals surface area contributed by atoms with Crippen LogP contribution in [0.4, 0.5) is 0 Å². The van der Waals surface area contributed by atoms with Crippen molar-refractivity contribution in [3.63, 3.8) is 0 Å². The molecule has 0 N–H and O–H groups in total. The first-order chi connectivity index (χ1) is 7.64. The van der Waals surface area contributed by atoms with E-state index in [0.29, 0.717) is 11.3 Å². The predicted octanol–water partition coefficient (Wildman–Crippen LogP) is 2.47. The van der Waals surface area contributed by atoms with E-state index in [1.807, 2.05) is 25.1 Å². The van der Waals surface area contributed by atoms with E-state index < -0.39 is 14.9 Å². The summed E-state index contributed by atoms with van der Waals surface area (Å²) in [7, 11) is -1.06. The number of hydrogen-bond acceptors (Lipinski definition) is 3. The predicted molar refractivity (Wildman–Crippen MR) is 69.3 cm³/mol. The number of benzene rings is 1. The molecule has 16 heavy (non-hydrogen) atoms. The third-order valence-corrected chi connectivity index (χ3v) is 6.59. The quantitative estimate of drug-likeness (QED) is 0.760. The number of carbonyl (C=O) groups excluding carboxylic acids is 1. The molecule has 0 aliphatic carbocycles. The fourth-order valence-electron chi connectivity index (χ4n) is 1.74. The maximum Gasteiger partial charge on any atom is 0.191 e. The second-order valence-electron chi connectivity index (χ2n) is 3.89. The van der Waals surface area contributed by atoms with E-state index in [2.05, 4.69) is 0 Å². The zero-order valence-electron chi connectivity index (χ0n) is 9.14. The molecule has 1 aromatic rings. The Hall–Kier alpha value is -0.610. The Bertz CT molecular complexity index is 416. The van der Waals surface area contributed by atoms with Crippen molar-refractivity contribution in [2.45, 2.75) is 17.4 Å². The monoisotopic (exact) mass is 254 g/mol. The molecule has 1 aliphatic rings. The highest BCUT2D eigenvalue weighted by Gasteiger charge is 2.42. The van der Waals surface area contributed by atoms with Crippen LogP contribution in [0.2, 0.25) is 0 Å². The van der Waals surface area contributed by atoms with E-state index >= 15 is 0 Å². The number of hydrogen-bond donors (Lipinski definition) is 0. The van der Waals surface area contributed by atoms with Gasteiger partial charge < -0.3 is 0 Å². The summed E-state index contributed by atoms with van der Waals surface area (Å²) in [5.41, 5.74) is 0.660. The van der Waals surface area contributed by atoms with Gasteiger partial charge in [0, 0.05) is 22.1 Å². The minimum Gasteiger partial charge on any atom is -0.292 e. The molecule has 0 spiro atoms. The summed E-state index contributed by atoms with van der Waals surface area (Å²) in [6, 6.07) is 9.14. The summed E-state index contributed by atoms with van der Waals surface area (Å²) in [6.45, 7) is 1.81. The Labute approximate surface area is 102 Å². The molecule has 0 amide bonds. The van der Waals surface area contributed by atoms with Crippen LogP contribution in [0.15, 0.2) is 30.3 Å². The summed E-state index contributed by atoms with van der Waals surface area (Å²) in [4.78, 5) is 12.3. The number of carbonyl (C=O) groups is 1. The van der Waals surface area contributed by atoms with E-state index in [1.54, 1.807) is 12.1 Å². The highest BCUT2D eigenvalue weighted by atomic mass is 32.2.